The second kappa shape index (κ2) is 17.8. The summed E-state index contributed by atoms with van der Waals surface area (Å²) in [5.74, 6) is 0.960. The van der Waals surface area contributed by atoms with Crippen molar-refractivity contribution in [1.29, 1.82) is 0 Å². The monoisotopic (exact) mass is 724 g/mol. The number of esters is 1. The van der Waals surface area contributed by atoms with Gasteiger partial charge in [0.25, 0.3) is 0 Å². The third kappa shape index (κ3) is 12.2. The third-order valence-corrected chi connectivity index (χ3v) is 8.09. The van der Waals surface area contributed by atoms with Crippen LogP contribution in [0.3, 0.4) is 0 Å². The van der Waals surface area contributed by atoms with Crippen molar-refractivity contribution in [2.24, 2.45) is 10.9 Å². The van der Waals surface area contributed by atoms with Crippen molar-refractivity contribution in [3.05, 3.63) is 119 Å². The highest BCUT2D eigenvalue weighted by molar-refractivity contribution is 5.97. The van der Waals surface area contributed by atoms with Crippen LogP contribution in [0.15, 0.2) is 102 Å². The first kappa shape index (κ1) is 38.0. The Morgan fingerprint density at radius 2 is 1.36 bits per heavy atom. The van der Waals surface area contributed by atoms with Crippen molar-refractivity contribution in [3.63, 3.8) is 0 Å². The molecule has 1 fully saturated rings. The van der Waals surface area contributed by atoms with Crippen LogP contribution in [0.2, 0.25) is 0 Å². The number of amidine groups is 1. The van der Waals surface area contributed by atoms with E-state index in [1.807, 2.05) is 30.3 Å². The Labute approximate surface area is 308 Å². The summed E-state index contributed by atoms with van der Waals surface area (Å²) in [6, 6.07) is 27.8. The van der Waals surface area contributed by atoms with E-state index in [2.05, 4.69) is 15.8 Å². The van der Waals surface area contributed by atoms with E-state index < -0.39 is 23.8 Å². The Hall–Kier alpha value is -6.24. The average Bonchev–Trinajstić information content (AvgIpc) is 3.14. The van der Waals surface area contributed by atoms with Crippen molar-refractivity contribution in [2.75, 3.05) is 0 Å². The molecule has 0 saturated heterocycles. The highest BCUT2D eigenvalue weighted by Crippen LogP contribution is 2.32. The van der Waals surface area contributed by atoms with Crippen LogP contribution in [0, 0.1) is 0 Å². The van der Waals surface area contributed by atoms with Gasteiger partial charge in [-0.1, -0.05) is 47.6 Å². The lowest BCUT2D eigenvalue weighted by Crippen LogP contribution is -2.39. The van der Waals surface area contributed by atoms with Gasteiger partial charge in [-0.25, -0.2) is 14.4 Å². The van der Waals surface area contributed by atoms with Crippen LogP contribution in [0.5, 0.6) is 23.0 Å². The van der Waals surface area contributed by atoms with Gasteiger partial charge in [-0.2, -0.15) is 0 Å². The Morgan fingerprint density at radius 1 is 0.755 bits per heavy atom. The number of nitrogens with one attached hydrogen (secondary N) is 2. The molecule has 5 rings (SSSR count). The molecule has 1 aliphatic carbocycles. The van der Waals surface area contributed by atoms with Gasteiger partial charge < -0.3 is 45.3 Å². The normalized spacial score (nSPS) is 15.8. The fourth-order valence-corrected chi connectivity index (χ4v) is 5.47. The highest BCUT2D eigenvalue weighted by Gasteiger charge is 2.26. The number of hydrogen-bond acceptors (Lipinski definition) is 10. The van der Waals surface area contributed by atoms with Crippen LogP contribution in [0.4, 0.5) is 9.59 Å². The zero-order valence-corrected chi connectivity index (χ0v) is 29.9. The quantitative estimate of drug-likeness (QED) is 0.0281. The summed E-state index contributed by atoms with van der Waals surface area (Å²) in [6.07, 6.45) is 1.04. The molecule has 0 atom stereocenters. The smallest absolute Gasteiger partial charge is 0.407 e. The number of oxime groups is 1. The first-order valence-electron chi connectivity index (χ1n) is 17.2. The molecule has 0 radical (unpaired) electrons. The minimum Gasteiger partial charge on any atom is -0.459 e. The average molecular weight is 725 g/mol. The van der Waals surface area contributed by atoms with Crippen molar-refractivity contribution < 1.29 is 43.3 Å². The summed E-state index contributed by atoms with van der Waals surface area (Å²) < 4.78 is 28.8. The molecule has 53 heavy (non-hydrogen) atoms. The van der Waals surface area contributed by atoms with E-state index in [0.29, 0.717) is 54.2 Å². The molecule has 0 aliphatic heterocycles. The Morgan fingerprint density at radius 3 is 1.94 bits per heavy atom. The second-order valence-corrected chi connectivity index (χ2v) is 13.5. The number of carbonyl (C=O) groups is 3. The molecule has 13 nitrogen and oxygen atoms in total. The maximum absolute atomic E-state index is 13.5. The van der Waals surface area contributed by atoms with E-state index in [1.54, 1.807) is 87.5 Å². The summed E-state index contributed by atoms with van der Waals surface area (Å²) in [7, 11) is 0. The maximum atomic E-state index is 13.5. The fraction of sp³-hybridized carbons (Fsp3) is 0.300. The number of carbonyl (C=O) groups excluding carboxylic acids is 3. The molecule has 278 valence electrons. The SMILES string of the molecule is CC(C)(C)OC(=O)NCc1ccc(Oc2cc(Oc3ccc(/C(N)=N/O)cc3)cc(C(=O)OC3CCC(NC(=O)OCc4ccccc4)CC3)c2)cc1. The Kier molecular flexibility index (Phi) is 12.8. The first-order chi connectivity index (χ1) is 25.4. The van der Waals surface area contributed by atoms with Gasteiger partial charge in [0.2, 0.25) is 0 Å². The van der Waals surface area contributed by atoms with Crippen LogP contribution in [-0.2, 0) is 27.4 Å². The van der Waals surface area contributed by atoms with Gasteiger partial charge in [-0.05, 0) is 106 Å². The number of alkyl carbamates (subject to hydrolysis) is 2. The molecular weight excluding hydrogens is 680 g/mol. The van der Waals surface area contributed by atoms with E-state index in [4.69, 9.17) is 34.6 Å². The number of ether oxygens (including phenoxy) is 5. The van der Waals surface area contributed by atoms with E-state index in [1.165, 1.54) is 0 Å². The molecule has 0 spiro atoms. The van der Waals surface area contributed by atoms with Gasteiger partial charge in [0.15, 0.2) is 5.84 Å². The number of nitrogens with two attached hydrogens (primary N) is 1. The first-order valence-corrected chi connectivity index (χ1v) is 17.2. The number of hydrogen-bond donors (Lipinski definition) is 4. The lowest BCUT2D eigenvalue weighted by molar-refractivity contribution is 0.0181. The van der Waals surface area contributed by atoms with E-state index >= 15 is 0 Å². The van der Waals surface area contributed by atoms with Gasteiger partial charge in [-0.3, -0.25) is 0 Å². The fourth-order valence-electron chi connectivity index (χ4n) is 5.47. The lowest BCUT2D eigenvalue weighted by Gasteiger charge is -2.28. The van der Waals surface area contributed by atoms with Crippen molar-refractivity contribution in [3.8, 4) is 23.0 Å². The van der Waals surface area contributed by atoms with Crippen LogP contribution in [0.1, 0.15) is 73.5 Å². The molecule has 0 unspecified atom stereocenters. The van der Waals surface area contributed by atoms with Gasteiger partial charge in [0, 0.05) is 24.2 Å². The van der Waals surface area contributed by atoms with Crippen LogP contribution in [0.25, 0.3) is 0 Å². The minimum atomic E-state index is -0.602. The summed E-state index contributed by atoms with van der Waals surface area (Å²) in [5, 5.41) is 17.6. The van der Waals surface area contributed by atoms with Crippen LogP contribution < -0.4 is 25.8 Å². The summed E-state index contributed by atoms with van der Waals surface area (Å²) in [5.41, 5.74) is 7.53. The highest BCUT2D eigenvalue weighted by atomic mass is 16.6. The molecule has 5 N–H and O–H groups in total. The number of nitrogens with zero attached hydrogens (tertiary/aromatic N) is 1. The molecule has 0 bridgehead atoms. The summed E-state index contributed by atoms with van der Waals surface area (Å²) in [6.45, 7) is 5.83. The predicted molar refractivity (Wildman–Crippen MR) is 196 cm³/mol. The van der Waals surface area contributed by atoms with Gasteiger partial charge in [0.05, 0.1) is 5.56 Å². The van der Waals surface area contributed by atoms with Crippen molar-refractivity contribution in [2.45, 2.75) is 77.4 Å². The zero-order valence-electron chi connectivity index (χ0n) is 29.9. The number of benzene rings is 4. The molecule has 0 heterocycles. The van der Waals surface area contributed by atoms with Crippen molar-refractivity contribution in [1.82, 2.24) is 10.6 Å². The molecule has 2 amide bonds. The predicted octanol–water partition coefficient (Wildman–Crippen LogP) is 7.78. The lowest BCUT2D eigenvalue weighted by atomic mass is 9.93. The Balaban J connectivity index is 1.22. The standard InChI is InChI=1S/C40H44N4O9/c1-40(2,3)53-38(46)42-24-26-9-15-31(16-10-26)50-34-21-29(22-35(23-34)51-32-17-11-28(12-18-32)36(41)44-48)37(45)52-33-19-13-30(14-20-33)43-39(47)49-25-27-7-5-4-6-8-27/h4-12,15-18,21-23,30,33,48H,13-14,19-20,24-25H2,1-3H3,(H2,41,44)(H,42,46)(H,43,47). The zero-order chi connectivity index (χ0) is 37.8. The van der Waals surface area contributed by atoms with E-state index in [-0.39, 0.29) is 36.7 Å². The van der Waals surface area contributed by atoms with Gasteiger partial charge in [-0.15, -0.1) is 0 Å². The topological polar surface area (TPSA) is 180 Å². The third-order valence-electron chi connectivity index (χ3n) is 8.09. The molecule has 13 heteroatoms. The summed E-state index contributed by atoms with van der Waals surface area (Å²) >= 11 is 0. The maximum Gasteiger partial charge on any atom is 0.407 e. The van der Waals surface area contributed by atoms with E-state index in [9.17, 15) is 14.4 Å². The molecule has 1 saturated carbocycles. The van der Waals surface area contributed by atoms with Crippen molar-refractivity contribution >= 4 is 24.0 Å². The molecular formula is C40H44N4O9. The minimum absolute atomic E-state index is 0.0450. The van der Waals surface area contributed by atoms with Crippen LogP contribution >= 0.6 is 0 Å². The second-order valence-electron chi connectivity index (χ2n) is 13.5. The number of rotatable bonds is 12. The molecule has 1 aliphatic rings. The molecule has 4 aromatic rings. The number of amides is 2. The Bertz CT molecular complexity index is 1870. The van der Waals surface area contributed by atoms with Gasteiger partial charge in [0.1, 0.15) is 41.3 Å². The van der Waals surface area contributed by atoms with Crippen LogP contribution in [-0.4, -0.2) is 46.9 Å². The van der Waals surface area contributed by atoms with E-state index in [0.717, 1.165) is 11.1 Å². The largest absolute Gasteiger partial charge is 0.459 e. The summed E-state index contributed by atoms with van der Waals surface area (Å²) in [4.78, 5) is 37.9. The molecule has 0 aromatic heterocycles. The molecule has 4 aromatic carbocycles. The van der Waals surface area contributed by atoms with Gasteiger partial charge >= 0.3 is 18.2 Å².